The van der Waals surface area contributed by atoms with Crippen LogP contribution in [0.4, 0.5) is 0 Å². The average molecular weight is 338 g/mol. The maximum Gasteiger partial charge on any atom is 0.323 e. The van der Waals surface area contributed by atoms with Crippen LogP contribution < -0.4 is 11.0 Å². The maximum absolute atomic E-state index is 12.4. The van der Waals surface area contributed by atoms with E-state index in [9.17, 15) is 9.59 Å². The van der Waals surface area contributed by atoms with E-state index in [0.29, 0.717) is 5.56 Å². The van der Waals surface area contributed by atoms with Gasteiger partial charge in [-0.1, -0.05) is 18.2 Å². The Morgan fingerprint density at radius 1 is 1.08 bits per heavy atom. The second-order valence-corrected chi connectivity index (χ2v) is 6.51. The molecule has 0 spiro atoms. The maximum atomic E-state index is 12.4. The van der Waals surface area contributed by atoms with Gasteiger partial charge in [0, 0.05) is 12.1 Å². The molecule has 1 heterocycles. The number of benzene rings is 2. The number of carbonyl (C=O) groups is 1. The quantitative estimate of drug-likeness (QED) is 0.668. The molecule has 0 saturated carbocycles. The minimum absolute atomic E-state index is 0.119. The van der Waals surface area contributed by atoms with Gasteiger partial charge in [0.05, 0.1) is 17.1 Å². The van der Waals surface area contributed by atoms with Crippen molar-refractivity contribution in [1.82, 2.24) is 20.2 Å². The van der Waals surface area contributed by atoms with Gasteiger partial charge in [0.1, 0.15) is 0 Å². The Kier molecular flexibility index (Phi) is 4.72. The molecule has 0 bridgehead atoms. The van der Waals surface area contributed by atoms with Crippen LogP contribution in [0.2, 0.25) is 0 Å². The first-order valence-corrected chi connectivity index (χ1v) is 8.19. The van der Waals surface area contributed by atoms with Gasteiger partial charge in [0.25, 0.3) is 5.91 Å². The van der Waals surface area contributed by atoms with Crippen molar-refractivity contribution in [3.05, 3.63) is 69.6 Å². The topological polar surface area (TPSA) is 81.0 Å². The van der Waals surface area contributed by atoms with Crippen LogP contribution in [0.5, 0.6) is 0 Å². The Labute approximate surface area is 145 Å². The molecule has 0 aliphatic carbocycles. The zero-order valence-electron chi connectivity index (χ0n) is 14.6. The van der Waals surface area contributed by atoms with E-state index in [1.54, 1.807) is 0 Å². The number of nitrogens with zero attached hydrogens (tertiary/aromatic N) is 1. The molecule has 3 N–H and O–H groups in total. The summed E-state index contributed by atoms with van der Waals surface area (Å²) in [7, 11) is 4.02. The molecular weight excluding hydrogens is 316 g/mol. The van der Waals surface area contributed by atoms with Crippen molar-refractivity contribution >= 4 is 16.9 Å². The van der Waals surface area contributed by atoms with Crippen LogP contribution in [0.3, 0.4) is 0 Å². The van der Waals surface area contributed by atoms with Gasteiger partial charge >= 0.3 is 5.69 Å². The highest BCUT2D eigenvalue weighted by Gasteiger charge is 2.12. The second-order valence-electron chi connectivity index (χ2n) is 6.51. The van der Waals surface area contributed by atoms with Crippen LogP contribution in [-0.2, 0) is 6.54 Å². The third kappa shape index (κ3) is 3.97. The number of imidazole rings is 1. The average Bonchev–Trinajstić information content (AvgIpc) is 2.93. The van der Waals surface area contributed by atoms with Crippen LogP contribution >= 0.6 is 0 Å². The van der Waals surface area contributed by atoms with Crippen molar-refractivity contribution in [2.24, 2.45) is 0 Å². The van der Waals surface area contributed by atoms with Crippen molar-refractivity contribution in [2.45, 2.75) is 19.5 Å². The minimum Gasteiger partial charge on any atom is -0.346 e. The zero-order valence-corrected chi connectivity index (χ0v) is 14.6. The number of H-pyrrole nitrogens is 2. The highest BCUT2D eigenvalue weighted by Crippen LogP contribution is 2.17. The van der Waals surface area contributed by atoms with E-state index in [2.05, 4.69) is 20.2 Å². The predicted molar refractivity (Wildman–Crippen MR) is 98.6 cm³/mol. The lowest BCUT2D eigenvalue weighted by Crippen LogP contribution is -2.26. The van der Waals surface area contributed by atoms with Gasteiger partial charge in [0.2, 0.25) is 0 Å². The summed E-state index contributed by atoms with van der Waals surface area (Å²) in [5.41, 5.74) is 3.98. The van der Waals surface area contributed by atoms with Crippen molar-refractivity contribution in [1.29, 1.82) is 0 Å². The molecular formula is C19H22N4O2. The first-order valence-electron chi connectivity index (χ1n) is 8.19. The molecule has 2 aromatic carbocycles. The molecule has 3 aromatic rings. The van der Waals surface area contributed by atoms with E-state index in [-0.39, 0.29) is 17.6 Å². The lowest BCUT2D eigenvalue weighted by atomic mass is 10.1. The van der Waals surface area contributed by atoms with Gasteiger partial charge in [-0.3, -0.25) is 4.79 Å². The van der Waals surface area contributed by atoms with Gasteiger partial charge in [-0.2, -0.15) is 0 Å². The number of fused-ring (bicyclic) bond motifs is 1. The molecule has 0 fully saturated rings. The van der Waals surface area contributed by atoms with Gasteiger partial charge in [-0.25, -0.2) is 4.79 Å². The van der Waals surface area contributed by atoms with Crippen LogP contribution in [0.15, 0.2) is 47.3 Å². The summed E-state index contributed by atoms with van der Waals surface area (Å²) in [4.78, 5) is 31.3. The molecule has 130 valence electrons. The Balaban J connectivity index is 1.71. The summed E-state index contributed by atoms with van der Waals surface area (Å²) in [6.07, 6.45) is 0. The molecule has 0 aliphatic heterocycles. The molecule has 0 unspecified atom stereocenters. The SMILES string of the molecule is C[C@@H](NC(=O)c1ccc(CN(C)C)cc1)c1ccc2[nH]c(=O)[nH]c2c1. The molecule has 3 rings (SSSR count). The van der Waals surface area contributed by atoms with E-state index in [1.165, 1.54) is 0 Å². The van der Waals surface area contributed by atoms with Crippen molar-refractivity contribution in [3.63, 3.8) is 0 Å². The number of amides is 1. The first kappa shape index (κ1) is 17.0. The number of aromatic amines is 2. The summed E-state index contributed by atoms with van der Waals surface area (Å²) in [6.45, 7) is 2.76. The van der Waals surface area contributed by atoms with Gasteiger partial charge < -0.3 is 20.2 Å². The lowest BCUT2D eigenvalue weighted by molar-refractivity contribution is 0.0940. The van der Waals surface area contributed by atoms with E-state index in [0.717, 1.165) is 28.7 Å². The van der Waals surface area contributed by atoms with E-state index in [4.69, 9.17) is 0 Å². The van der Waals surface area contributed by atoms with E-state index >= 15 is 0 Å². The molecule has 1 amide bonds. The number of nitrogens with one attached hydrogen (secondary N) is 3. The molecule has 1 aromatic heterocycles. The minimum atomic E-state index is -0.235. The van der Waals surface area contributed by atoms with Gasteiger partial charge in [-0.05, 0) is 56.4 Å². The van der Waals surface area contributed by atoms with Crippen molar-refractivity contribution in [3.8, 4) is 0 Å². The molecule has 6 nitrogen and oxygen atoms in total. The number of carbonyl (C=O) groups excluding carboxylic acids is 1. The Morgan fingerprint density at radius 2 is 1.76 bits per heavy atom. The second kappa shape index (κ2) is 6.94. The normalized spacial score (nSPS) is 12.5. The third-order valence-electron chi connectivity index (χ3n) is 4.10. The monoisotopic (exact) mass is 338 g/mol. The van der Waals surface area contributed by atoms with Gasteiger partial charge in [-0.15, -0.1) is 0 Å². The number of hydrogen-bond donors (Lipinski definition) is 3. The van der Waals surface area contributed by atoms with Crippen molar-refractivity contribution in [2.75, 3.05) is 14.1 Å². The summed E-state index contributed by atoms with van der Waals surface area (Å²) in [5.74, 6) is -0.119. The van der Waals surface area contributed by atoms with Crippen molar-refractivity contribution < 1.29 is 4.79 Å². The number of aromatic nitrogens is 2. The number of hydrogen-bond acceptors (Lipinski definition) is 3. The van der Waals surface area contributed by atoms with Gasteiger partial charge in [0.15, 0.2) is 0 Å². The Hall–Kier alpha value is -2.86. The lowest BCUT2D eigenvalue weighted by Gasteiger charge is -2.15. The zero-order chi connectivity index (χ0) is 18.0. The van der Waals surface area contributed by atoms with Crippen LogP contribution in [-0.4, -0.2) is 34.9 Å². The summed E-state index contributed by atoms with van der Waals surface area (Å²) in [5, 5.41) is 2.99. The molecule has 0 radical (unpaired) electrons. The van der Waals surface area contributed by atoms with Crippen LogP contribution in [0, 0.1) is 0 Å². The molecule has 6 heteroatoms. The predicted octanol–water partition coefficient (Wildman–Crippen LogP) is 2.41. The Bertz CT molecular complexity index is 938. The molecule has 0 aliphatic rings. The smallest absolute Gasteiger partial charge is 0.323 e. The number of rotatable bonds is 5. The highest BCUT2D eigenvalue weighted by atomic mass is 16.2. The molecule has 25 heavy (non-hydrogen) atoms. The first-order chi connectivity index (χ1) is 11.9. The summed E-state index contributed by atoms with van der Waals surface area (Å²) < 4.78 is 0. The van der Waals surface area contributed by atoms with E-state index in [1.807, 2.05) is 63.5 Å². The Morgan fingerprint density at radius 3 is 2.44 bits per heavy atom. The largest absolute Gasteiger partial charge is 0.346 e. The molecule has 0 saturated heterocycles. The van der Waals surface area contributed by atoms with Crippen LogP contribution in [0.25, 0.3) is 11.0 Å². The fourth-order valence-corrected chi connectivity index (χ4v) is 2.81. The van der Waals surface area contributed by atoms with Crippen LogP contribution in [0.1, 0.15) is 34.5 Å². The summed E-state index contributed by atoms with van der Waals surface area (Å²) >= 11 is 0. The fraction of sp³-hybridized carbons (Fsp3) is 0.263. The van der Waals surface area contributed by atoms with E-state index < -0.39 is 0 Å². The summed E-state index contributed by atoms with van der Waals surface area (Å²) in [6, 6.07) is 13.1. The third-order valence-corrected chi connectivity index (χ3v) is 4.10. The fourth-order valence-electron chi connectivity index (χ4n) is 2.81. The highest BCUT2D eigenvalue weighted by molar-refractivity contribution is 5.94. The standard InChI is InChI=1S/C19H22N4O2/c1-12(15-8-9-16-17(10-15)22-19(25)21-16)20-18(24)14-6-4-13(5-7-14)11-23(2)3/h4-10,12H,11H2,1-3H3,(H,20,24)(H2,21,22,25)/t12-/m1/s1. The molecule has 1 atom stereocenters.